The number of aliphatic hydroxyl groups excluding tert-OH is 1. The van der Waals surface area contributed by atoms with Gasteiger partial charge in [0, 0.05) is 62.1 Å². The monoisotopic (exact) mass is 359 g/mol. The van der Waals surface area contributed by atoms with Gasteiger partial charge in [-0.15, -0.1) is 0 Å². The highest BCUT2D eigenvalue weighted by molar-refractivity contribution is 5.79. The van der Waals surface area contributed by atoms with E-state index >= 15 is 0 Å². The summed E-state index contributed by atoms with van der Waals surface area (Å²) in [6.07, 6.45) is 4.28. The van der Waals surface area contributed by atoms with Crippen LogP contribution in [-0.2, 0) is 18.3 Å². The van der Waals surface area contributed by atoms with Crippen LogP contribution in [0.15, 0.2) is 12.4 Å². The second-order valence-electron chi connectivity index (χ2n) is 7.65. The normalized spacial score (nSPS) is 20.3. The Morgan fingerprint density at radius 3 is 2.62 bits per heavy atom. The zero-order chi connectivity index (χ0) is 19.0. The van der Waals surface area contributed by atoms with E-state index in [2.05, 4.69) is 24.0 Å². The molecule has 1 N–H and O–H groups in total. The summed E-state index contributed by atoms with van der Waals surface area (Å²) in [6, 6.07) is 0.298. The van der Waals surface area contributed by atoms with E-state index in [4.69, 9.17) is 0 Å². The minimum Gasteiger partial charge on any atom is -0.396 e. The average molecular weight is 359 g/mol. The molecule has 3 heterocycles. The van der Waals surface area contributed by atoms with Crippen LogP contribution in [0.1, 0.15) is 48.3 Å². The first-order chi connectivity index (χ1) is 12.3. The summed E-state index contributed by atoms with van der Waals surface area (Å²) >= 11 is 0. The highest BCUT2D eigenvalue weighted by Gasteiger charge is 2.36. The van der Waals surface area contributed by atoms with Crippen LogP contribution in [0.4, 0.5) is 0 Å². The van der Waals surface area contributed by atoms with Crippen molar-refractivity contribution < 1.29 is 9.90 Å². The van der Waals surface area contributed by atoms with Crippen molar-refractivity contribution in [2.24, 2.45) is 13.0 Å². The van der Waals surface area contributed by atoms with Crippen LogP contribution in [0, 0.1) is 19.8 Å². The fourth-order valence-electron chi connectivity index (χ4n) is 3.80. The molecule has 1 amide bonds. The van der Waals surface area contributed by atoms with Gasteiger partial charge in [0.2, 0.25) is 5.91 Å². The Morgan fingerprint density at radius 1 is 1.35 bits per heavy atom. The molecule has 0 spiro atoms. The van der Waals surface area contributed by atoms with Crippen molar-refractivity contribution in [3.05, 3.63) is 34.9 Å². The molecule has 0 aromatic carbocycles. The van der Waals surface area contributed by atoms with Crippen LogP contribution in [0.25, 0.3) is 0 Å². The first-order valence-electron chi connectivity index (χ1n) is 9.23. The van der Waals surface area contributed by atoms with Crippen LogP contribution >= 0.6 is 0 Å². The van der Waals surface area contributed by atoms with E-state index in [9.17, 15) is 9.90 Å². The average Bonchev–Trinajstić information content (AvgIpc) is 3.29. The summed E-state index contributed by atoms with van der Waals surface area (Å²) in [5.74, 6) is 0.286. The Labute approximate surface area is 154 Å². The predicted molar refractivity (Wildman–Crippen MR) is 98.9 cm³/mol. The smallest absolute Gasteiger partial charge is 0.227 e. The number of carbonyl (C=O) groups excluding carboxylic acids is 1. The molecule has 1 aliphatic rings. The molecule has 0 saturated carbocycles. The van der Waals surface area contributed by atoms with Gasteiger partial charge in [0.15, 0.2) is 0 Å². The number of aryl methyl sites for hydroxylation is 2. The van der Waals surface area contributed by atoms with E-state index in [0.717, 1.165) is 22.5 Å². The van der Waals surface area contributed by atoms with Crippen LogP contribution in [0.3, 0.4) is 0 Å². The third kappa shape index (κ3) is 3.40. The minimum absolute atomic E-state index is 0.0554. The fraction of sp³-hybridized carbons (Fsp3) is 0.632. The molecular formula is C19H29N5O2. The van der Waals surface area contributed by atoms with E-state index in [1.165, 1.54) is 0 Å². The number of hydrogen-bond acceptors (Lipinski definition) is 4. The van der Waals surface area contributed by atoms with Gasteiger partial charge in [0.1, 0.15) is 0 Å². The van der Waals surface area contributed by atoms with Crippen molar-refractivity contribution in [2.45, 2.75) is 46.1 Å². The molecule has 3 rings (SSSR count). The summed E-state index contributed by atoms with van der Waals surface area (Å²) in [5.41, 5.74) is 4.05. The molecule has 0 unspecified atom stereocenters. The molecule has 142 valence electrons. The van der Waals surface area contributed by atoms with Gasteiger partial charge >= 0.3 is 0 Å². The van der Waals surface area contributed by atoms with Crippen molar-refractivity contribution >= 4 is 5.91 Å². The molecule has 7 heteroatoms. The number of hydrogen-bond donors (Lipinski definition) is 1. The lowest BCUT2D eigenvalue weighted by atomic mass is 9.92. The van der Waals surface area contributed by atoms with E-state index in [1.54, 1.807) is 0 Å². The zero-order valence-corrected chi connectivity index (χ0v) is 16.3. The molecule has 0 radical (unpaired) electrons. The van der Waals surface area contributed by atoms with Gasteiger partial charge in [-0.2, -0.15) is 10.2 Å². The van der Waals surface area contributed by atoms with Gasteiger partial charge in [-0.25, -0.2) is 0 Å². The maximum atomic E-state index is 12.9. The van der Waals surface area contributed by atoms with Crippen molar-refractivity contribution in [1.82, 2.24) is 24.5 Å². The topological polar surface area (TPSA) is 76.2 Å². The number of likely N-dealkylation sites (tertiary alicyclic amines) is 1. The standard InChI is InChI=1S/C19H29N5O2/c1-12(2)24-9-15(7-20-24)18-10-23(8-16(18)11-25)19(26)6-17-13(3)21-22(5)14(17)4/h7,9,12,16,18,25H,6,8,10-11H2,1-5H3/t16-,18-/m0/s1. The summed E-state index contributed by atoms with van der Waals surface area (Å²) in [6.45, 7) is 9.40. The Kier molecular flexibility index (Phi) is 5.18. The number of amides is 1. The lowest BCUT2D eigenvalue weighted by molar-refractivity contribution is -0.129. The highest BCUT2D eigenvalue weighted by atomic mass is 16.3. The number of carbonyl (C=O) groups is 1. The van der Waals surface area contributed by atoms with Crippen molar-refractivity contribution in [3.8, 4) is 0 Å². The van der Waals surface area contributed by atoms with Gasteiger partial charge in [0.25, 0.3) is 0 Å². The fourth-order valence-corrected chi connectivity index (χ4v) is 3.80. The zero-order valence-electron chi connectivity index (χ0n) is 16.3. The molecule has 0 bridgehead atoms. The molecular weight excluding hydrogens is 330 g/mol. The van der Waals surface area contributed by atoms with Gasteiger partial charge in [0.05, 0.1) is 18.3 Å². The molecule has 1 fully saturated rings. The predicted octanol–water partition coefficient (Wildman–Crippen LogP) is 1.59. The molecule has 26 heavy (non-hydrogen) atoms. The van der Waals surface area contributed by atoms with E-state index in [1.807, 2.05) is 47.6 Å². The van der Waals surface area contributed by atoms with Gasteiger partial charge in [-0.1, -0.05) is 0 Å². The number of aliphatic hydroxyl groups is 1. The summed E-state index contributed by atoms with van der Waals surface area (Å²) < 4.78 is 3.75. The number of aromatic nitrogens is 4. The largest absolute Gasteiger partial charge is 0.396 e. The highest BCUT2D eigenvalue weighted by Crippen LogP contribution is 2.33. The van der Waals surface area contributed by atoms with Crippen LogP contribution in [-0.4, -0.2) is 55.2 Å². The molecule has 0 aliphatic carbocycles. The van der Waals surface area contributed by atoms with E-state index < -0.39 is 0 Å². The second-order valence-corrected chi connectivity index (χ2v) is 7.65. The third-order valence-corrected chi connectivity index (χ3v) is 5.59. The van der Waals surface area contributed by atoms with Gasteiger partial charge < -0.3 is 10.0 Å². The van der Waals surface area contributed by atoms with E-state index in [-0.39, 0.29) is 24.3 Å². The Balaban J connectivity index is 1.74. The molecule has 7 nitrogen and oxygen atoms in total. The Morgan fingerprint density at radius 2 is 2.08 bits per heavy atom. The Bertz CT molecular complexity index is 792. The molecule has 2 aromatic heterocycles. The van der Waals surface area contributed by atoms with E-state index in [0.29, 0.717) is 25.6 Å². The molecule has 2 aromatic rings. The molecule has 2 atom stereocenters. The van der Waals surface area contributed by atoms with Crippen LogP contribution in [0.5, 0.6) is 0 Å². The van der Waals surface area contributed by atoms with Gasteiger partial charge in [-0.05, 0) is 33.3 Å². The third-order valence-electron chi connectivity index (χ3n) is 5.59. The second kappa shape index (κ2) is 7.23. The summed E-state index contributed by atoms with van der Waals surface area (Å²) in [7, 11) is 1.90. The van der Waals surface area contributed by atoms with Crippen molar-refractivity contribution in [1.29, 1.82) is 0 Å². The summed E-state index contributed by atoms with van der Waals surface area (Å²) in [4.78, 5) is 14.7. The maximum absolute atomic E-state index is 12.9. The minimum atomic E-state index is 0.0554. The van der Waals surface area contributed by atoms with Crippen LogP contribution in [0.2, 0.25) is 0 Å². The SMILES string of the molecule is Cc1nn(C)c(C)c1CC(=O)N1C[C@@H](CO)[C@H](c2cnn(C(C)C)c2)C1. The summed E-state index contributed by atoms with van der Waals surface area (Å²) in [5, 5.41) is 18.6. The molecule has 1 aliphatic heterocycles. The first kappa shape index (κ1) is 18.6. The van der Waals surface area contributed by atoms with Gasteiger partial charge in [-0.3, -0.25) is 14.2 Å². The Hall–Kier alpha value is -2.15. The number of rotatable bonds is 5. The lowest BCUT2D eigenvalue weighted by Gasteiger charge is -2.16. The van der Waals surface area contributed by atoms with Crippen LogP contribution < -0.4 is 0 Å². The lowest BCUT2D eigenvalue weighted by Crippen LogP contribution is -2.31. The maximum Gasteiger partial charge on any atom is 0.227 e. The van der Waals surface area contributed by atoms with Crippen molar-refractivity contribution in [3.63, 3.8) is 0 Å². The quantitative estimate of drug-likeness (QED) is 0.880. The number of nitrogens with zero attached hydrogens (tertiary/aromatic N) is 5. The van der Waals surface area contributed by atoms with Crippen molar-refractivity contribution in [2.75, 3.05) is 19.7 Å². The first-order valence-corrected chi connectivity index (χ1v) is 9.23. The molecule has 1 saturated heterocycles.